The highest BCUT2D eigenvalue weighted by molar-refractivity contribution is 7.10. The summed E-state index contributed by atoms with van der Waals surface area (Å²) in [7, 11) is 0. The summed E-state index contributed by atoms with van der Waals surface area (Å²) >= 11 is 1.81. The summed E-state index contributed by atoms with van der Waals surface area (Å²) in [5, 5.41) is 2.15. The number of halogens is 1. The minimum atomic E-state index is 0. The van der Waals surface area contributed by atoms with Crippen LogP contribution < -0.4 is 5.73 Å². The van der Waals surface area contributed by atoms with Crippen LogP contribution in [0.3, 0.4) is 0 Å². The third-order valence-electron chi connectivity index (χ3n) is 5.89. The van der Waals surface area contributed by atoms with Gasteiger partial charge in [0.25, 0.3) is 0 Å². The van der Waals surface area contributed by atoms with Gasteiger partial charge >= 0.3 is 0 Å². The Balaban J connectivity index is 0.00000210. The Morgan fingerprint density at radius 2 is 2.04 bits per heavy atom. The lowest BCUT2D eigenvalue weighted by Gasteiger charge is -2.37. The minimum Gasteiger partial charge on any atom is -0.330 e. The first-order valence-electron chi connectivity index (χ1n) is 9.43. The zero-order valence-electron chi connectivity index (χ0n) is 15.8. The van der Waals surface area contributed by atoms with Crippen molar-refractivity contribution in [3.63, 3.8) is 0 Å². The normalized spacial score (nSPS) is 25.1. The summed E-state index contributed by atoms with van der Waals surface area (Å²) in [4.78, 5) is 19.0. The van der Waals surface area contributed by atoms with E-state index in [1.165, 1.54) is 16.0 Å². The second-order valence-electron chi connectivity index (χ2n) is 7.92. The molecule has 2 atom stereocenters. The second-order valence-corrected chi connectivity index (χ2v) is 8.93. The Labute approximate surface area is 171 Å². The molecule has 4 nitrogen and oxygen atoms in total. The molecular formula is C21H28ClN3OS. The minimum absolute atomic E-state index is 0. The van der Waals surface area contributed by atoms with Crippen molar-refractivity contribution in [2.45, 2.75) is 25.8 Å². The predicted molar refractivity (Wildman–Crippen MR) is 113 cm³/mol. The largest absolute Gasteiger partial charge is 0.330 e. The van der Waals surface area contributed by atoms with E-state index in [-0.39, 0.29) is 29.8 Å². The van der Waals surface area contributed by atoms with Gasteiger partial charge < -0.3 is 10.6 Å². The smallest absolute Gasteiger partial charge is 0.237 e. The molecule has 6 heteroatoms. The van der Waals surface area contributed by atoms with Gasteiger partial charge in [-0.25, -0.2) is 0 Å². The molecule has 0 saturated carbocycles. The molecule has 1 aromatic heterocycles. The number of fused-ring (bicyclic) bond motifs is 1. The van der Waals surface area contributed by atoms with E-state index in [2.05, 4.69) is 52.4 Å². The fourth-order valence-corrected chi connectivity index (χ4v) is 5.19. The highest BCUT2D eigenvalue weighted by atomic mass is 35.5. The van der Waals surface area contributed by atoms with Gasteiger partial charge in [-0.05, 0) is 53.9 Å². The highest BCUT2D eigenvalue weighted by Crippen LogP contribution is 2.38. The van der Waals surface area contributed by atoms with E-state index < -0.39 is 0 Å². The Morgan fingerprint density at radius 3 is 2.74 bits per heavy atom. The molecule has 0 bridgehead atoms. The number of nitrogens with zero attached hydrogens (tertiary/aromatic N) is 2. The van der Waals surface area contributed by atoms with Crippen LogP contribution in [0.1, 0.15) is 35.4 Å². The van der Waals surface area contributed by atoms with Crippen LogP contribution in [0.4, 0.5) is 0 Å². The third-order valence-corrected chi connectivity index (χ3v) is 6.89. The van der Waals surface area contributed by atoms with Crippen molar-refractivity contribution in [1.82, 2.24) is 9.80 Å². The Kier molecular flexibility index (Phi) is 6.26. The lowest BCUT2D eigenvalue weighted by Crippen LogP contribution is -2.45. The van der Waals surface area contributed by atoms with Crippen LogP contribution in [0.2, 0.25) is 0 Å². The number of benzene rings is 1. The molecule has 2 N–H and O–H groups in total. The summed E-state index contributed by atoms with van der Waals surface area (Å²) in [6.07, 6.45) is 2.04. The molecule has 0 radical (unpaired) electrons. The number of likely N-dealkylation sites (tertiary alicyclic amines) is 1. The molecule has 1 fully saturated rings. The van der Waals surface area contributed by atoms with Crippen molar-refractivity contribution in [1.29, 1.82) is 0 Å². The van der Waals surface area contributed by atoms with E-state index in [9.17, 15) is 4.79 Å². The maximum atomic E-state index is 13.2. The van der Waals surface area contributed by atoms with Gasteiger partial charge in [0.1, 0.15) is 0 Å². The quantitative estimate of drug-likeness (QED) is 0.848. The summed E-state index contributed by atoms with van der Waals surface area (Å²) < 4.78 is 0. The van der Waals surface area contributed by atoms with E-state index in [1.54, 1.807) is 0 Å². The number of nitrogens with two attached hydrogens (primary N) is 1. The molecule has 2 aromatic rings. The molecule has 146 valence electrons. The van der Waals surface area contributed by atoms with Crippen molar-refractivity contribution < 1.29 is 4.79 Å². The molecule has 1 amide bonds. The average molecular weight is 406 g/mol. The van der Waals surface area contributed by atoms with Crippen LogP contribution in [0, 0.1) is 5.41 Å². The number of hydrogen-bond donors (Lipinski definition) is 1. The van der Waals surface area contributed by atoms with Crippen LogP contribution >= 0.6 is 23.7 Å². The van der Waals surface area contributed by atoms with Gasteiger partial charge in [0.05, 0.1) is 12.6 Å². The van der Waals surface area contributed by atoms with E-state index >= 15 is 0 Å². The molecule has 1 saturated heterocycles. The maximum Gasteiger partial charge on any atom is 0.237 e. The molecule has 2 unspecified atom stereocenters. The van der Waals surface area contributed by atoms with Crippen molar-refractivity contribution in [3.05, 3.63) is 57.8 Å². The molecule has 27 heavy (non-hydrogen) atoms. The van der Waals surface area contributed by atoms with E-state index in [0.717, 1.165) is 32.5 Å². The van der Waals surface area contributed by atoms with Gasteiger partial charge in [0.15, 0.2) is 0 Å². The Bertz CT molecular complexity index is 781. The zero-order chi connectivity index (χ0) is 18.1. The van der Waals surface area contributed by atoms with E-state index in [4.69, 9.17) is 5.73 Å². The lowest BCUT2D eigenvalue weighted by molar-refractivity contribution is -0.134. The molecule has 2 aliphatic rings. The standard InChI is InChI=1S/C21H27N3OS.ClH/c1-21(14-22)9-11-23(15-21)13-19(25)24-10-7-18-17(8-12-26-18)20(24)16-5-3-2-4-6-16;/h2-6,8,12,20H,7,9-11,13-15,22H2,1H3;1H. The summed E-state index contributed by atoms with van der Waals surface area (Å²) in [5.74, 6) is 0.233. The number of thiophene rings is 1. The summed E-state index contributed by atoms with van der Waals surface area (Å²) in [6.45, 7) is 6.09. The number of carbonyl (C=O) groups excluding carboxylic acids is 1. The molecule has 2 aliphatic heterocycles. The topological polar surface area (TPSA) is 49.6 Å². The number of amides is 1. The molecule has 0 aliphatic carbocycles. The van der Waals surface area contributed by atoms with Gasteiger partial charge in [-0.15, -0.1) is 23.7 Å². The van der Waals surface area contributed by atoms with E-state index in [0.29, 0.717) is 13.1 Å². The van der Waals surface area contributed by atoms with Gasteiger partial charge in [-0.1, -0.05) is 37.3 Å². The first-order chi connectivity index (χ1) is 12.6. The fraction of sp³-hybridized carbons (Fsp3) is 0.476. The number of hydrogen-bond acceptors (Lipinski definition) is 4. The number of rotatable bonds is 4. The lowest BCUT2D eigenvalue weighted by atomic mass is 9.90. The summed E-state index contributed by atoms with van der Waals surface area (Å²) in [6, 6.07) is 12.7. The SMILES string of the molecule is CC1(CN)CCN(CC(=O)N2CCc3sccc3C2c2ccccc2)C1.Cl. The Morgan fingerprint density at radius 1 is 1.26 bits per heavy atom. The zero-order valence-corrected chi connectivity index (χ0v) is 17.4. The van der Waals surface area contributed by atoms with E-state index in [1.807, 2.05) is 17.4 Å². The Hall–Kier alpha value is -1.40. The fourth-order valence-electron chi connectivity index (χ4n) is 4.29. The van der Waals surface area contributed by atoms with Crippen LogP contribution in [0.5, 0.6) is 0 Å². The van der Waals surface area contributed by atoms with Gasteiger partial charge in [0.2, 0.25) is 5.91 Å². The van der Waals surface area contributed by atoms with Crippen molar-refractivity contribution >= 4 is 29.7 Å². The second kappa shape index (κ2) is 8.31. The maximum absolute atomic E-state index is 13.2. The van der Waals surface area contributed by atoms with Gasteiger partial charge in [-0.3, -0.25) is 9.69 Å². The van der Waals surface area contributed by atoms with Crippen LogP contribution in [0.15, 0.2) is 41.8 Å². The highest BCUT2D eigenvalue weighted by Gasteiger charge is 2.37. The van der Waals surface area contributed by atoms with Crippen LogP contribution in [-0.4, -0.2) is 48.4 Å². The molecule has 4 rings (SSSR count). The molecule has 0 spiro atoms. The van der Waals surface area contributed by atoms with Crippen molar-refractivity contribution in [2.24, 2.45) is 11.1 Å². The van der Waals surface area contributed by atoms with Crippen molar-refractivity contribution in [3.8, 4) is 0 Å². The van der Waals surface area contributed by atoms with Crippen LogP contribution in [0.25, 0.3) is 0 Å². The van der Waals surface area contributed by atoms with Gasteiger partial charge in [-0.2, -0.15) is 0 Å². The number of carbonyl (C=O) groups is 1. The van der Waals surface area contributed by atoms with Crippen LogP contribution in [-0.2, 0) is 11.2 Å². The predicted octanol–water partition coefficient (Wildman–Crippen LogP) is 3.31. The molecule has 3 heterocycles. The van der Waals surface area contributed by atoms with Gasteiger partial charge in [0, 0.05) is 18.0 Å². The molecule has 1 aromatic carbocycles. The molecular weight excluding hydrogens is 378 g/mol. The first-order valence-corrected chi connectivity index (χ1v) is 10.3. The van der Waals surface area contributed by atoms with Crippen molar-refractivity contribution in [2.75, 3.05) is 32.7 Å². The monoisotopic (exact) mass is 405 g/mol. The average Bonchev–Trinajstić information content (AvgIpc) is 3.28. The first kappa shape index (κ1) is 20.3. The third kappa shape index (κ3) is 4.06. The summed E-state index contributed by atoms with van der Waals surface area (Å²) in [5.41, 5.74) is 8.58.